The van der Waals surface area contributed by atoms with Crippen LogP contribution in [0.4, 0.5) is 9.59 Å². The van der Waals surface area contributed by atoms with Gasteiger partial charge < -0.3 is 39.4 Å². The van der Waals surface area contributed by atoms with Crippen molar-refractivity contribution >= 4 is 47.5 Å². The number of alkyl carbamates (subject to hydrolysis) is 2. The molecule has 0 saturated carbocycles. The maximum atomic E-state index is 13.8. The summed E-state index contributed by atoms with van der Waals surface area (Å²) in [5.74, 6) is -3.46. The minimum absolute atomic E-state index is 0.278. The van der Waals surface area contributed by atoms with Gasteiger partial charge in [0.05, 0.1) is 14.2 Å². The highest BCUT2D eigenvalue weighted by Crippen LogP contribution is 2.41. The number of methoxy groups -OCH3 is 2. The van der Waals surface area contributed by atoms with Gasteiger partial charge in [0.2, 0.25) is 23.4 Å². The molecule has 4 aliphatic rings. The van der Waals surface area contributed by atoms with Crippen molar-refractivity contribution in [1.82, 2.24) is 20.4 Å². The van der Waals surface area contributed by atoms with Crippen LogP contribution in [0.25, 0.3) is 11.1 Å². The van der Waals surface area contributed by atoms with E-state index in [0.29, 0.717) is 62.7 Å². The Morgan fingerprint density at radius 3 is 1.27 bits per heavy atom. The summed E-state index contributed by atoms with van der Waals surface area (Å²) in [5, 5.41) is 5.15. The quantitative estimate of drug-likeness (QED) is 0.133. The van der Waals surface area contributed by atoms with Crippen LogP contribution in [0, 0.1) is 11.8 Å². The number of likely N-dealkylation sites (tertiary alicyclic amines) is 2. The Labute approximate surface area is 374 Å². The second-order valence-electron chi connectivity index (χ2n) is 18.4. The molecule has 4 atom stereocenters. The molecule has 2 aromatic rings. The van der Waals surface area contributed by atoms with Gasteiger partial charge in [0, 0.05) is 24.2 Å². The Morgan fingerprint density at radius 2 is 0.922 bits per heavy atom. The van der Waals surface area contributed by atoms with Gasteiger partial charge in [0.25, 0.3) is 0 Å². The molecule has 2 N–H and O–H groups in total. The fourth-order valence-corrected chi connectivity index (χ4v) is 9.96. The minimum atomic E-state index is -1.32. The number of rotatable bonds is 15. The van der Waals surface area contributed by atoms with Crippen molar-refractivity contribution in [3.8, 4) is 11.1 Å². The summed E-state index contributed by atoms with van der Waals surface area (Å²) >= 11 is 0. The molecule has 2 aliphatic heterocycles. The van der Waals surface area contributed by atoms with Crippen LogP contribution in [0.2, 0.25) is 0 Å². The highest BCUT2D eigenvalue weighted by Gasteiger charge is 2.51. The van der Waals surface area contributed by atoms with E-state index in [0.717, 1.165) is 59.1 Å². The van der Waals surface area contributed by atoms with Crippen molar-refractivity contribution in [2.75, 3.05) is 40.5 Å². The highest BCUT2D eigenvalue weighted by molar-refractivity contribution is 6.03. The summed E-state index contributed by atoms with van der Waals surface area (Å²) in [6.45, 7) is 10.0. The average molecular weight is 887 g/mol. The van der Waals surface area contributed by atoms with Crippen molar-refractivity contribution < 1.29 is 57.3 Å². The third kappa shape index (κ3) is 9.23. The molecule has 16 nitrogen and oxygen atoms in total. The number of hydrogen-bond donors (Lipinski definition) is 2. The zero-order chi connectivity index (χ0) is 46.7. The zero-order valence-corrected chi connectivity index (χ0v) is 38.3. The minimum Gasteiger partial charge on any atom is -0.456 e. The average Bonchev–Trinajstić information content (AvgIpc) is 4.11. The van der Waals surface area contributed by atoms with Crippen LogP contribution in [-0.4, -0.2) is 121 Å². The standard InChI is InChI=1S/C48H62N4O12/c1-27(2)39(49-45(59)61-7)41(55)51-23-11-21-47(51,5)43(57)63-25-37(53)35-19-17-33(29-13-9-15-31(29)35)34-18-20-36(32-16-10-14-30(32)34)38(54)26-64-44(58)48(6)22-12-24-52(48)42(56)40(28(3)4)50-46(60)62-8/h17-20,27-28,39-40H,9-16,21-26H2,1-8H3,(H,49,59)(H,50,60)/t39-,40-,47-,48-/m0/s1. The van der Waals surface area contributed by atoms with E-state index in [1.165, 1.54) is 24.0 Å². The Kier molecular flexibility index (Phi) is 14.5. The summed E-state index contributed by atoms with van der Waals surface area (Å²) in [7, 11) is 2.42. The molecule has 0 aromatic heterocycles. The van der Waals surface area contributed by atoms with E-state index in [1.54, 1.807) is 53.7 Å². The topological polar surface area (TPSA) is 204 Å². The summed E-state index contributed by atoms with van der Waals surface area (Å²) in [6.07, 6.45) is 4.81. The summed E-state index contributed by atoms with van der Waals surface area (Å²) in [5.41, 5.74) is 4.20. The predicted molar refractivity (Wildman–Crippen MR) is 234 cm³/mol. The third-order valence-electron chi connectivity index (χ3n) is 13.6. The van der Waals surface area contributed by atoms with E-state index >= 15 is 0 Å². The van der Waals surface area contributed by atoms with Gasteiger partial charge in [0.15, 0.2) is 13.2 Å². The van der Waals surface area contributed by atoms with Gasteiger partial charge in [0.1, 0.15) is 23.2 Å². The molecular weight excluding hydrogens is 825 g/mol. The molecule has 0 radical (unpaired) electrons. The Bertz CT molecular complexity index is 2070. The van der Waals surface area contributed by atoms with Crippen LogP contribution in [0.1, 0.15) is 123 Å². The van der Waals surface area contributed by atoms with Crippen molar-refractivity contribution in [2.24, 2.45) is 11.8 Å². The van der Waals surface area contributed by atoms with Crippen molar-refractivity contribution in [3.63, 3.8) is 0 Å². The van der Waals surface area contributed by atoms with E-state index in [-0.39, 0.29) is 23.4 Å². The SMILES string of the molecule is COC(=O)N[C@H](C(=O)N1CCC[C@@]1(C)C(=O)OCC(=O)c1ccc(-c2ccc(C(=O)COC(=O)[C@]3(C)CCCN3C(=O)[C@@H](NC(=O)OC)C(C)C)c3c2CCC3)c2c1CCC2)C(C)C. The first kappa shape index (κ1) is 47.7. The molecular formula is C48H62N4O12. The number of nitrogens with zero attached hydrogens (tertiary/aromatic N) is 2. The fraction of sp³-hybridized carbons (Fsp3) is 0.583. The van der Waals surface area contributed by atoms with E-state index in [9.17, 15) is 38.4 Å². The predicted octanol–water partition coefficient (Wildman–Crippen LogP) is 5.31. The van der Waals surface area contributed by atoms with E-state index in [4.69, 9.17) is 18.9 Å². The molecule has 16 heteroatoms. The van der Waals surface area contributed by atoms with Gasteiger partial charge in [-0.25, -0.2) is 19.2 Å². The lowest BCUT2D eigenvalue weighted by atomic mass is 9.87. The lowest BCUT2D eigenvalue weighted by molar-refractivity contribution is -0.160. The smallest absolute Gasteiger partial charge is 0.407 e. The van der Waals surface area contributed by atoms with E-state index < -0.39 is 72.3 Å². The first-order chi connectivity index (χ1) is 30.4. The van der Waals surface area contributed by atoms with Crippen molar-refractivity contribution in [2.45, 2.75) is 129 Å². The van der Waals surface area contributed by atoms with E-state index in [1.807, 2.05) is 12.1 Å². The molecule has 2 aliphatic carbocycles. The number of fused-ring (bicyclic) bond motifs is 2. The lowest BCUT2D eigenvalue weighted by Crippen LogP contribution is -2.58. The number of carbonyl (C=O) groups is 8. The number of benzene rings is 2. The first-order valence-corrected chi connectivity index (χ1v) is 22.4. The third-order valence-corrected chi connectivity index (χ3v) is 13.6. The number of Topliss-reactive ketones (excluding diaryl/α,β-unsaturated/α-hetero) is 2. The van der Waals surface area contributed by atoms with Gasteiger partial charge in [-0.3, -0.25) is 19.2 Å². The first-order valence-electron chi connectivity index (χ1n) is 22.4. The van der Waals surface area contributed by atoms with Crippen LogP contribution in [0.3, 0.4) is 0 Å². The van der Waals surface area contributed by atoms with Gasteiger partial charge >= 0.3 is 24.1 Å². The highest BCUT2D eigenvalue weighted by atomic mass is 16.6. The molecule has 6 rings (SSSR count). The Balaban J connectivity index is 1.14. The van der Waals surface area contributed by atoms with Gasteiger partial charge in [-0.15, -0.1) is 0 Å². The van der Waals surface area contributed by atoms with Gasteiger partial charge in [-0.1, -0.05) is 52.0 Å². The molecule has 2 saturated heterocycles. The molecule has 64 heavy (non-hydrogen) atoms. The number of carbonyl (C=O) groups excluding carboxylic acids is 8. The molecule has 2 heterocycles. The second-order valence-corrected chi connectivity index (χ2v) is 18.4. The molecule has 2 aromatic carbocycles. The zero-order valence-electron chi connectivity index (χ0n) is 38.3. The van der Waals surface area contributed by atoms with Gasteiger partial charge in [-0.05, 0) is 123 Å². The second kappa shape index (κ2) is 19.5. The maximum Gasteiger partial charge on any atom is 0.407 e. The summed E-state index contributed by atoms with van der Waals surface area (Å²) in [6, 6.07) is 5.58. The molecule has 346 valence electrons. The van der Waals surface area contributed by atoms with E-state index in [2.05, 4.69) is 10.6 Å². The summed E-state index contributed by atoms with van der Waals surface area (Å²) < 4.78 is 20.7. The Morgan fingerprint density at radius 1 is 0.562 bits per heavy atom. The number of ether oxygens (including phenoxy) is 4. The normalized spacial score (nSPS) is 20.9. The van der Waals surface area contributed by atoms with Crippen LogP contribution in [-0.2, 0) is 63.8 Å². The van der Waals surface area contributed by atoms with Crippen molar-refractivity contribution in [3.05, 3.63) is 57.6 Å². The monoisotopic (exact) mass is 886 g/mol. The number of nitrogens with one attached hydrogen (secondary N) is 2. The molecule has 0 spiro atoms. The summed E-state index contributed by atoms with van der Waals surface area (Å²) in [4.78, 5) is 109. The van der Waals surface area contributed by atoms with Crippen molar-refractivity contribution in [1.29, 1.82) is 0 Å². The largest absolute Gasteiger partial charge is 0.456 e. The van der Waals surface area contributed by atoms with Crippen LogP contribution in [0.15, 0.2) is 24.3 Å². The number of esters is 2. The maximum absolute atomic E-state index is 13.8. The number of hydrogen-bond acceptors (Lipinski definition) is 12. The Hall–Kier alpha value is -5.80. The number of amides is 4. The number of ketones is 2. The molecule has 0 bridgehead atoms. The molecule has 2 fully saturated rings. The fourth-order valence-electron chi connectivity index (χ4n) is 9.96. The molecule has 0 unspecified atom stereocenters. The lowest BCUT2D eigenvalue weighted by Gasteiger charge is -2.36. The van der Waals surface area contributed by atoms with Crippen LogP contribution < -0.4 is 10.6 Å². The van der Waals surface area contributed by atoms with Crippen LogP contribution >= 0.6 is 0 Å². The van der Waals surface area contributed by atoms with Gasteiger partial charge in [-0.2, -0.15) is 0 Å². The van der Waals surface area contributed by atoms with Crippen LogP contribution in [0.5, 0.6) is 0 Å². The molecule has 4 amide bonds.